The minimum atomic E-state index is -0.971. The van der Waals surface area contributed by atoms with E-state index in [2.05, 4.69) is 5.32 Å². The highest BCUT2D eigenvalue weighted by molar-refractivity contribution is 5.94. The normalized spacial score (nSPS) is 18.9. The molecule has 0 bridgehead atoms. The lowest BCUT2D eigenvalue weighted by Crippen LogP contribution is -2.45. The van der Waals surface area contributed by atoms with Crippen LogP contribution in [0.3, 0.4) is 0 Å². The fourth-order valence-corrected chi connectivity index (χ4v) is 2.75. The average molecular weight is 331 g/mol. The van der Waals surface area contributed by atoms with Crippen molar-refractivity contribution in [2.45, 2.75) is 31.7 Å². The standard InChI is InChI=1S/C16H20F2N2O.ClH/c17-14-4-3-12(9-15(14)18)16(21)20-7-5-13(6-8-20)19-10-11-1-2-11;/h3-4,9,11,13,19H,1-2,5-8,10H2;1H. The number of hydrogen-bond acceptors (Lipinski definition) is 2. The lowest BCUT2D eigenvalue weighted by Gasteiger charge is -2.32. The lowest BCUT2D eigenvalue weighted by molar-refractivity contribution is 0.0704. The maximum absolute atomic E-state index is 13.2. The molecule has 0 unspecified atom stereocenters. The van der Waals surface area contributed by atoms with Crippen LogP contribution in [-0.4, -0.2) is 36.5 Å². The maximum Gasteiger partial charge on any atom is 0.253 e. The van der Waals surface area contributed by atoms with Crippen molar-refractivity contribution in [2.24, 2.45) is 5.92 Å². The molecule has 1 aromatic rings. The Bertz CT molecular complexity index is 529. The second kappa shape index (κ2) is 7.38. The largest absolute Gasteiger partial charge is 0.339 e. The number of piperidine rings is 1. The van der Waals surface area contributed by atoms with Crippen molar-refractivity contribution in [3.8, 4) is 0 Å². The molecule has 1 aromatic carbocycles. The third kappa shape index (κ3) is 4.17. The van der Waals surface area contributed by atoms with Gasteiger partial charge >= 0.3 is 0 Å². The molecule has 6 heteroatoms. The molecule has 1 aliphatic carbocycles. The first kappa shape index (κ1) is 17.2. The van der Waals surface area contributed by atoms with Gasteiger partial charge < -0.3 is 10.2 Å². The van der Waals surface area contributed by atoms with Crippen LogP contribution in [0.25, 0.3) is 0 Å². The minimum Gasteiger partial charge on any atom is -0.339 e. The van der Waals surface area contributed by atoms with E-state index in [0.717, 1.165) is 37.4 Å². The van der Waals surface area contributed by atoms with E-state index < -0.39 is 11.6 Å². The second-order valence-electron chi connectivity index (χ2n) is 6.05. The number of hydrogen-bond donors (Lipinski definition) is 1. The van der Waals surface area contributed by atoms with Gasteiger partial charge in [-0.1, -0.05) is 0 Å². The van der Waals surface area contributed by atoms with E-state index >= 15 is 0 Å². The molecule has 1 saturated carbocycles. The predicted octanol–water partition coefficient (Wildman–Crippen LogP) is 2.99. The highest BCUT2D eigenvalue weighted by atomic mass is 35.5. The zero-order valence-corrected chi connectivity index (χ0v) is 13.2. The second-order valence-corrected chi connectivity index (χ2v) is 6.05. The van der Waals surface area contributed by atoms with Crippen molar-refractivity contribution in [3.63, 3.8) is 0 Å². The molecular formula is C16H21ClF2N2O. The van der Waals surface area contributed by atoms with E-state index in [-0.39, 0.29) is 23.9 Å². The van der Waals surface area contributed by atoms with Gasteiger partial charge in [-0.05, 0) is 56.3 Å². The van der Waals surface area contributed by atoms with Gasteiger partial charge in [-0.15, -0.1) is 12.4 Å². The van der Waals surface area contributed by atoms with Gasteiger partial charge in [0, 0.05) is 24.7 Å². The van der Waals surface area contributed by atoms with Gasteiger partial charge in [0.25, 0.3) is 5.91 Å². The molecule has 122 valence electrons. The molecule has 1 N–H and O–H groups in total. The summed E-state index contributed by atoms with van der Waals surface area (Å²) in [5, 5.41) is 3.55. The van der Waals surface area contributed by atoms with E-state index in [9.17, 15) is 13.6 Å². The first-order valence-corrected chi connectivity index (χ1v) is 7.61. The van der Waals surface area contributed by atoms with Crippen molar-refractivity contribution in [1.29, 1.82) is 0 Å². The highest BCUT2D eigenvalue weighted by Crippen LogP contribution is 2.28. The quantitative estimate of drug-likeness (QED) is 0.920. The van der Waals surface area contributed by atoms with Crippen LogP contribution in [0.1, 0.15) is 36.0 Å². The van der Waals surface area contributed by atoms with E-state index in [1.807, 2.05) is 0 Å². The van der Waals surface area contributed by atoms with Crippen LogP contribution >= 0.6 is 12.4 Å². The predicted molar refractivity (Wildman–Crippen MR) is 83.3 cm³/mol. The highest BCUT2D eigenvalue weighted by Gasteiger charge is 2.26. The minimum absolute atomic E-state index is 0. The zero-order chi connectivity index (χ0) is 14.8. The number of nitrogens with zero attached hydrogens (tertiary/aromatic N) is 1. The van der Waals surface area contributed by atoms with Gasteiger partial charge in [-0.25, -0.2) is 8.78 Å². The fourth-order valence-electron chi connectivity index (χ4n) is 2.75. The molecular weight excluding hydrogens is 310 g/mol. The summed E-state index contributed by atoms with van der Waals surface area (Å²) in [6.07, 6.45) is 4.51. The molecule has 2 aliphatic rings. The number of carbonyl (C=O) groups excluding carboxylic acids is 1. The Hall–Kier alpha value is -1.20. The number of rotatable bonds is 4. The summed E-state index contributed by atoms with van der Waals surface area (Å²) in [7, 11) is 0. The van der Waals surface area contributed by atoms with Crippen LogP contribution in [0.2, 0.25) is 0 Å². The Morgan fingerprint density at radius 3 is 2.41 bits per heavy atom. The smallest absolute Gasteiger partial charge is 0.253 e. The Morgan fingerprint density at radius 1 is 1.14 bits per heavy atom. The average Bonchev–Trinajstić information content (AvgIpc) is 3.32. The van der Waals surface area contributed by atoms with Crippen molar-refractivity contribution in [3.05, 3.63) is 35.4 Å². The van der Waals surface area contributed by atoms with Crippen LogP contribution in [0, 0.1) is 17.6 Å². The van der Waals surface area contributed by atoms with Gasteiger partial charge in [0.2, 0.25) is 0 Å². The summed E-state index contributed by atoms with van der Waals surface area (Å²) < 4.78 is 26.1. The maximum atomic E-state index is 13.2. The summed E-state index contributed by atoms with van der Waals surface area (Å²) in [5.74, 6) is -1.25. The molecule has 1 heterocycles. The topological polar surface area (TPSA) is 32.3 Å². The van der Waals surface area contributed by atoms with Gasteiger partial charge in [0.05, 0.1) is 0 Å². The molecule has 3 nitrogen and oxygen atoms in total. The number of amides is 1. The van der Waals surface area contributed by atoms with Crippen molar-refractivity contribution >= 4 is 18.3 Å². The Kier molecular flexibility index (Phi) is 5.75. The SMILES string of the molecule is Cl.O=C(c1ccc(F)c(F)c1)N1CCC(NCC2CC2)CC1. The third-order valence-corrected chi connectivity index (χ3v) is 4.34. The van der Waals surface area contributed by atoms with Crippen molar-refractivity contribution in [2.75, 3.05) is 19.6 Å². The van der Waals surface area contributed by atoms with E-state index in [0.29, 0.717) is 19.1 Å². The molecule has 0 atom stereocenters. The van der Waals surface area contributed by atoms with Gasteiger partial charge in [0.1, 0.15) is 0 Å². The van der Waals surface area contributed by atoms with E-state index in [4.69, 9.17) is 0 Å². The molecule has 1 amide bonds. The molecule has 1 aliphatic heterocycles. The third-order valence-electron chi connectivity index (χ3n) is 4.34. The molecule has 0 spiro atoms. The summed E-state index contributed by atoms with van der Waals surface area (Å²) >= 11 is 0. The molecule has 0 aromatic heterocycles. The van der Waals surface area contributed by atoms with Gasteiger partial charge in [0.15, 0.2) is 11.6 Å². The fraction of sp³-hybridized carbons (Fsp3) is 0.562. The van der Waals surface area contributed by atoms with Crippen LogP contribution in [0.4, 0.5) is 8.78 Å². The molecule has 22 heavy (non-hydrogen) atoms. The monoisotopic (exact) mass is 330 g/mol. The van der Waals surface area contributed by atoms with Crippen molar-refractivity contribution < 1.29 is 13.6 Å². The summed E-state index contributed by atoms with van der Waals surface area (Å²) in [6.45, 7) is 2.42. The van der Waals surface area contributed by atoms with Gasteiger partial charge in [-0.3, -0.25) is 4.79 Å². The number of carbonyl (C=O) groups is 1. The van der Waals surface area contributed by atoms with Gasteiger partial charge in [-0.2, -0.15) is 0 Å². The van der Waals surface area contributed by atoms with Crippen LogP contribution in [0.15, 0.2) is 18.2 Å². The number of halogens is 3. The summed E-state index contributed by atoms with van der Waals surface area (Å²) in [6, 6.07) is 3.80. The molecule has 0 radical (unpaired) electrons. The molecule has 1 saturated heterocycles. The van der Waals surface area contributed by atoms with Crippen LogP contribution < -0.4 is 5.32 Å². The Morgan fingerprint density at radius 2 is 1.82 bits per heavy atom. The molecule has 2 fully saturated rings. The first-order valence-electron chi connectivity index (χ1n) is 7.61. The summed E-state index contributed by atoms with van der Waals surface area (Å²) in [5.41, 5.74) is 0.221. The Balaban J connectivity index is 0.00000176. The first-order chi connectivity index (χ1) is 10.1. The number of nitrogens with one attached hydrogen (secondary N) is 1. The van der Waals surface area contributed by atoms with E-state index in [1.54, 1.807) is 4.90 Å². The number of benzene rings is 1. The zero-order valence-electron chi connectivity index (χ0n) is 12.4. The van der Waals surface area contributed by atoms with Crippen molar-refractivity contribution in [1.82, 2.24) is 10.2 Å². The lowest BCUT2D eigenvalue weighted by atomic mass is 10.0. The van der Waals surface area contributed by atoms with Crippen LogP contribution in [-0.2, 0) is 0 Å². The van der Waals surface area contributed by atoms with E-state index in [1.165, 1.54) is 18.9 Å². The molecule has 3 rings (SSSR count). The summed E-state index contributed by atoms with van der Waals surface area (Å²) in [4.78, 5) is 14.0. The van der Waals surface area contributed by atoms with Crippen LogP contribution in [0.5, 0.6) is 0 Å². The Labute approximate surface area is 135 Å². The number of likely N-dealkylation sites (tertiary alicyclic amines) is 1.